The molecule has 0 fully saturated rings. The Labute approximate surface area is 94.8 Å². The zero-order chi connectivity index (χ0) is 11.5. The third-order valence-electron chi connectivity index (χ3n) is 2.59. The fourth-order valence-electron chi connectivity index (χ4n) is 1.56. The molecule has 0 aliphatic heterocycles. The van der Waals surface area contributed by atoms with Gasteiger partial charge in [-0.15, -0.1) is 12.3 Å². The second-order valence-corrected chi connectivity index (χ2v) is 4.25. The number of rotatable bonds is 9. The first-order valence-electron chi connectivity index (χ1n) is 5.88. The van der Waals surface area contributed by atoms with Crippen molar-refractivity contribution in [2.45, 2.75) is 45.6 Å². The predicted octanol–water partition coefficient (Wildman–Crippen LogP) is 2.44. The summed E-state index contributed by atoms with van der Waals surface area (Å²) in [5, 5.41) is 3.56. The average Bonchev–Trinajstić information content (AvgIpc) is 2.21. The summed E-state index contributed by atoms with van der Waals surface area (Å²) in [7, 11) is 1.75. The summed E-state index contributed by atoms with van der Waals surface area (Å²) in [5.41, 5.74) is 0. The van der Waals surface area contributed by atoms with Crippen molar-refractivity contribution in [3.05, 3.63) is 0 Å². The van der Waals surface area contributed by atoms with E-state index in [9.17, 15) is 0 Å². The quantitative estimate of drug-likeness (QED) is 0.467. The molecule has 1 unspecified atom stereocenters. The first-order valence-corrected chi connectivity index (χ1v) is 5.88. The minimum absolute atomic E-state index is 0.566. The first-order chi connectivity index (χ1) is 7.22. The van der Waals surface area contributed by atoms with Crippen LogP contribution in [-0.4, -0.2) is 26.3 Å². The maximum atomic E-state index is 5.20. The van der Waals surface area contributed by atoms with Gasteiger partial charge < -0.3 is 10.1 Å². The fourth-order valence-corrected chi connectivity index (χ4v) is 1.56. The molecule has 0 saturated carbocycles. The van der Waals surface area contributed by atoms with Crippen molar-refractivity contribution in [3.63, 3.8) is 0 Å². The van der Waals surface area contributed by atoms with E-state index >= 15 is 0 Å². The van der Waals surface area contributed by atoms with Crippen LogP contribution in [0.5, 0.6) is 0 Å². The second-order valence-electron chi connectivity index (χ2n) is 4.25. The maximum Gasteiger partial charge on any atom is 0.0477 e. The maximum absolute atomic E-state index is 5.20. The molecular formula is C13H25NO. The molecular weight excluding hydrogens is 186 g/mol. The lowest BCUT2D eigenvalue weighted by molar-refractivity contribution is 0.173. The Hall–Kier alpha value is -0.520. The molecule has 0 spiro atoms. The van der Waals surface area contributed by atoms with Crippen molar-refractivity contribution in [3.8, 4) is 12.3 Å². The van der Waals surface area contributed by atoms with Gasteiger partial charge in [-0.3, -0.25) is 0 Å². The number of methoxy groups -OCH3 is 1. The van der Waals surface area contributed by atoms with Crippen LogP contribution in [0.3, 0.4) is 0 Å². The highest BCUT2D eigenvalue weighted by Gasteiger charge is 2.11. The molecule has 0 aromatic carbocycles. The van der Waals surface area contributed by atoms with Crippen LogP contribution in [0.15, 0.2) is 0 Å². The van der Waals surface area contributed by atoms with Crippen molar-refractivity contribution in [1.82, 2.24) is 5.32 Å². The largest absolute Gasteiger partial charge is 0.385 e. The lowest BCUT2D eigenvalue weighted by Gasteiger charge is -2.22. The normalized spacial score (nSPS) is 12.7. The van der Waals surface area contributed by atoms with Gasteiger partial charge in [-0.05, 0) is 31.7 Å². The zero-order valence-corrected chi connectivity index (χ0v) is 10.4. The van der Waals surface area contributed by atoms with E-state index < -0.39 is 0 Å². The van der Waals surface area contributed by atoms with Gasteiger partial charge in [-0.25, -0.2) is 0 Å². The Morgan fingerprint density at radius 1 is 1.33 bits per heavy atom. The SMILES string of the molecule is C#CCCCCNC(CCOC)C(C)C. The molecule has 2 heteroatoms. The highest BCUT2D eigenvalue weighted by atomic mass is 16.5. The van der Waals surface area contributed by atoms with Crippen molar-refractivity contribution < 1.29 is 4.74 Å². The zero-order valence-electron chi connectivity index (χ0n) is 10.4. The summed E-state index contributed by atoms with van der Waals surface area (Å²) in [6.45, 7) is 6.39. The Morgan fingerprint density at radius 3 is 2.60 bits per heavy atom. The molecule has 0 saturated heterocycles. The lowest BCUT2D eigenvalue weighted by atomic mass is 10.0. The monoisotopic (exact) mass is 211 g/mol. The molecule has 88 valence electrons. The highest BCUT2D eigenvalue weighted by Crippen LogP contribution is 2.06. The number of unbranched alkanes of at least 4 members (excludes halogenated alkanes) is 2. The van der Waals surface area contributed by atoms with Crippen molar-refractivity contribution >= 4 is 0 Å². The fraction of sp³-hybridized carbons (Fsp3) is 0.846. The van der Waals surface area contributed by atoms with E-state index in [-0.39, 0.29) is 0 Å². The topological polar surface area (TPSA) is 21.3 Å². The van der Waals surface area contributed by atoms with Gasteiger partial charge in [0.25, 0.3) is 0 Å². The lowest BCUT2D eigenvalue weighted by Crippen LogP contribution is -2.35. The summed E-state index contributed by atoms with van der Waals surface area (Å²) in [6, 6.07) is 0.566. The molecule has 0 aliphatic carbocycles. The summed E-state index contributed by atoms with van der Waals surface area (Å²) < 4.78 is 5.10. The van der Waals surface area contributed by atoms with Gasteiger partial charge in [0.2, 0.25) is 0 Å². The minimum atomic E-state index is 0.566. The molecule has 15 heavy (non-hydrogen) atoms. The number of ether oxygens (including phenoxy) is 1. The van der Waals surface area contributed by atoms with Gasteiger partial charge in [0.15, 0.2) is 0 Å². The Kier molecular flexibility index (Phi) is 9.67. The molecule has 0 heterocycles. The van der Waals surface area contributed by atoms with Crippen molar-refractivity contribution in [1.29, 1.82) is 0 Å². The van der Waals surface area contributed by atoms with Crippen LogP contribution in [0.1, 0.15) is 39.5 Å². The Bertz CT molecular complexity index is 172. The first kappa shape index (κ1) is 14.5. The van der Waals surface area contributed by atoms with Gasteiger partial charge >= 0.3 is 0 Å². The van der Waals surface area contributed by atoms with E-state index in [0.29, 0.717) is 12.0 Å². The molecule has 1 N–H and O–H groups in total. The van der Waals surface area contributed by atoms with E-state index in [1.165, 1.54) is 6.42 Å². The molecule has 0 rings (SSSR count). The van der Waals surface area contributed by atoms with E-state index in [0.717, 1.165) is 32.4 Å². The highest BCUT2D eigenvalue weighted by molar-refractivity contribution is 4.83. The number of nitrogens with one attached hydrogen (secondary N) is 1. The number of terminal acetylenes is 1. The number of hydrogen-bond acceptors (Lipinski definition) is 2. The van der Waals surface area contributed by atoms with Crippen LogP contribution in [0, 0.1) is 18.3 Å². The molecule has 0 bridgehead atoms. The van der Waals surface area contributed by atoms with Crippen molar-refractivity contribution in [2.24, 2.45) is 5.92 Å². The smallest absolute Gasteiger partial charge is 0.0477 e. The Balaban J connectivity index is 3.53. The van der Waals surface area contributed by atoms with Crippen LogP contribution in [0.25, 0.3) is 0 Å². The number of hydrogen-bond donors (Lipinski definition) is 1. The van der Waals surface area contributed by atoms with E-state index in [1.807, 2.05) is 0 Å². The second kappa shape index (κ2) is 10.0. The van der Waals surface area contributed by atoms with Crippen LogP contribution < -0.4 is 5.32 Å². The molecule has 0 aromatic heterocycles. The van der Waals surface area contributed by atoms with Crippen LogP contribution >= 0.6 is 0 Å². The van der Waals surface area contributed by atoms with Gasteiger partial charge in [-0.2, -0.15) is 0 Å². The van der Waals surface area contributed by atoms with E-state index in [2.05, 4.69) is 25.1 Å². The molecule has 0 amide bonds. The minimum Gasteiger partial charge on any atom is -0.385 e. The summed E-state index contributed by atoms with van der Waals surface area (Å²) in [5.74, 6) is 3.33. The van der Waals surface area contributed by atoms with Gasteiger partial charge in [0.1, 0.15) is 0 Å². The Morgan fingerprint density at radius 2 is 2.07 bits per heavy atom. The van der Waals surface area contributed by atoms with E-state index in [4.69, 9.17) is 11.2 Å². The predicted molar refractivity (Wildman–Crippen MR) is 65.8 cm³/mol. The average molecular weight is 211 g/mol. The molecule has 1 atom stereocenters. The van der Waals surface area contributed by atoms with Gasteiger partial charge in [-0.1, -0.05) is 13.8 Å². The van der Waals surface area contributed by atoms with Crippen LogP contribution in [0.4, 0.5) is 0 Å². The van der Waals surface area contributed by atoms with Crippen LogP contribution in [0.2, 0.25) is 0 Å². The molecule has 0 aromatic rings. The summed E-state index contributed by atoms with van der Waals surface area (Å²) >= 11 is 0. The molecule has 0 aliphatic rings. The summed E-state index contributed by atoms with van der Waals surface area (Å²) in [4.78, 5) is 0. The van der Waals surface area contributed by atoms with Crippen molar-refractivity contribution in [2.75, 3.05) is 20.3 Å². The standard InChI is InChI=1S/C13H25NO/c1-5-6-7-8-10-14-13(12(2)3)9-11-15-4/h1,12-14H,6-11H2,2-4H3. The molecule has 0 radical (unpaired) electrons. The van der Waals surface area contributed by atoms with E-state index in [1.54, 1.807) is 7.11 Å². The summed E-state index contributed by atoms with van der Waals surface area (Å²) in [6.07, 6.45) is 9.47. The third-order valence-corrected chi connectivity index (χ3v) is 2.59. The van der Waals surface area contributed by atoms with Gasteiger partial charge in [0, 0.05) is 26.2 Å². The van der Waals surface area contributed by atoms with Crippen LogP contribution in [-0.2, 0) is 4.74 Å². The third kappa shape index (κ3) is 8.47. The molecule has 2 nitrogen and oxygen atoms in total. The van der Waals surface area contributed by atoms with Gasteiger partial charge in [0.05, 0.1) is 0 Å².